The first kappa shape index (κ1) is 19.0. The molecule has 2 aliphatic heterocycles. The first-order chi connectivity index (χ1) is 13.7. The molecule has 0 atom stereocenters. The van der Waals surface area contributed by atoms with E-state index in [0.717, 1.165) is 70.7 Å². The molecule has 2 aliphatic rings. The van der Waals surface area contributed by atoms with Gasteiger partial charge >= 0.3 is 0 Å². The standard InChI is InChI=1S/C22H32N6/c1-4-25-10-12-28(13-11-25)22-23-9-8-21(24-22)27-16-14-26(15-17-27)20-7-5-6-18(2)19(20)3/h5-9H,4,10-17H2,1-3H3. The van der Waals surface area contributed by atoms with E-state index in [1.807, 2.05) is 6.20 Å². The lowest BCUT2D eigenvalue weighted by atomic mass is 10.1. The van der Waals surface area contributed by atoms with Crippen LogP contribution in [0, 0.1) is 13.8 Å². The van der Waals surface area contributed by atoms with Crippen molar-refractivity contribution in [3.63, 3.8) is 0 Å². The molecule has 6 nitrogen and oxygen atoms in total. The Morgan fingerprint density at radius 2 is 1.50 bits per heavy atom. The molecule has 2 aromatic rings. The first-order valence-corrected chi connectivity index (χ1v) is 10.5. The number of likely N-dealkylation sites (N-methyl/N-ethyl adjacent to an activating group) is 1. The minimum absolute atomic E-state index is 0.880. The number of nitrogens with zero attached hydrogens (tertiary/aromatic N) is 6. The summed E-state index contributed by atoms with van der Waals surface area (Å²) in [5.74, 6) is 1.94. The molecular formula is C22H32N6. The molecule has 0 N–H and O–H groups in total. The van der Waals surface area contributed by atoms with Crippen molar-refractivity contribution in [1.29, 1.82) is 0 Å². The Morgan fingerprint density at radius 3 is 2.21 bits per heavy atom. The second kappa shape index (κ2) is 8.35. The summed E-state index contributed by atoms with van der Waals surface area (Å²) in [6.45, 7) is 16.0. The molecular weight excluding hydrogens is 348 g/mol. The van der Waals surface area contributed by atoms with Crippen molar-refractivity contribution in [2.24, 2.45) is 0 Å². The number of piperazine rings is 2. The Hall–Kier alpha value is -2.34. The number of rotatable bonds is 4. The molecule has 4 rings (SSSR count). The number of aryl methyl sites for hydroxylation is 1. The van der Waals surface area contributed by atoms with Gasteiger partial charge in [0.25, 0.3) is 0 Å². The SMILES string of the molecule is CCN1CCN(c2nccc(N3CCN(c4cccc(C)c4C)CC3)n2)CC1. The van der Waals surface area contributed by atoms with Crippen molar-refractivity contribution < 1.29 is 0 Å². The minimum Gasteiger partial charge on any atom is -0.368 e. The predicted octanol–water partition coefficient (Wildman–Crippen LogP) is 2.56. The maximum absolute atomic E-state index is 4.90. The monoisotopic (exact) mass is 380 g/mol. The number of hydrogen-bond acceptors (Lipinski definition) is 6. The van der Waals surface area contributed by atoms with Crippen LogP contribution in [0.2, 0.25) is 0 Å². The number of aromatic nitrogens is 2. The Balaban J connectivity index is 1.40. The Morgan fingerprint density at radius 1 is 0.821 bits per heavy atom. The Kier molecular flexibility index (Phi) is 5.67. The topological polar surface area (TPSA) is 38.7 Å². The zero-order valence-electron chi connectivity index (χ0n) is 17.4. The maximum Gasteiger partial charge on any atom is 0.227 e. The second-order valence-corrected chi connectivity index (χ2v) is 7.83. The van der Waals surface area contributed by atoms with Crippen molar-refractivity contribution in [3.05, 3.63) is 41.6 Å². The molecule has 0 radical (unpaired) electrons. The van der Waals surface area contributed by atoms with Gasteiger partial charge in [-0.1, -0.05) is 19.1 Å². The van der Waals surface area contributed by atoms with Crippen LogP contribution >= 0.6 is 0 Å². The van der Waals surface area contributed by atoms with Crippen molar-refractivity contribution in [3.8, 4) is 0 Å². The van der Waals surface area contributed by atoms with Crippen LogP contribution in [0.3, 0.4) is 0 Å². The van der Waals surface area contributed by atoms with Gasteiger partial charge in [-0.15, -0.1) is 0 Å². The van der Waals surface area contributed by atoms with Gasteiger partial charge < -0.3 is 19.6 Å². The third-order valence-electron chi connectivity index (χ3n) is 6.25. The highest BCUT2D eigenvalue weighted by Crippen LogP contribution is 2.25. The fourth-order valence-corrected chi connectivity index (χ4v) is 4.19. The lowest BCUT2D eigenvalue weighted by Crippen LogP contribution is -2.48. The molecule has 0 bridgehead atoms. The van der Waals surface area contributed by atoms with Gasteiger partial charge in [-0.25, -0.2) is 4.98 Å². The molecule has 0 aliphatic carbocycles. The summed E-state index contributed by atoms with van der Waals surface area (Å²) in [5, 5.41) is 0. The summed E-state index contributed by atoms with van der Waals surface area (Å²) in [6, 6.07) is 8.66. The summed E-state index contributed by atoms with van der Waals surface area (Å²) < 4.78 is 0. The van der Waals surface area contributed by atoms with Crippen LogP contribution in [0.4, 0.5) is 17.5 Å². The van der Waals surface area contributed by atoms with E-state index in [9.17, 15) is 0 Å². The fourth-order valence-electron chi connectivity index (χ4n) is 4.19. The van der Waals surface area contributed by atoms with E-state index >= 15 is 0 Å². The fraction of sp³-hybridized carbons (Fsp3) is 0.545. The lowest BCUT2D eigenvalue weighted by molar-refractivity contribution is 0.270. The van der Waals surface area contributed by atoms with Gasteiger partial charge in [0.1, 0.15) is 5.82 Å². The zero-order valence-corrected chi connectivity index (χ0v) is 17.4. The molecule has 150 valence electrons. The Labute approximate surface area is 168 Å². The van der Waals surface area contributed by atoms with Gasteiger partial charge in [0, 0.05) is 64.2 Å². The van der Waals surface area contributed by atoms with E-state index in [1.54, 1.807) is 0 Å². The molecule has 0 spiro atoms. The summed E-state index contributed by atoms with van der Waals surface area (Å²) in [4.78, 5) is 19.2. The zero-order chi connectivity index (χ0) is 19.5. The van der Waals surface area contributed by atoms with E-state index in [4.69, 9.17) is 4.98 Å². The van der Waals surface area contributed by atoms with Gasteiger partial charge in [0.15, 0.2) is 0 Å². The third kappa shape index (κ3) is 3.92. The minimum atomic E-state index is 0.880. The normalized spacial score (nSPS) is 18.6. The van der Waals surface area contributed by atoms with E-state index in [-0.39, 0.29) is 0 Å². The highest BCUT2D eigenvalue weighted by Gasteiger charge is 2.22. The number of hydrogen-bond donors (Lipinski definition) is 0. The maximum atomic E-state index is 4.90. The molecule has 3 heterocycles. The second-order valence-electron chi connectivity index (χ2n) is 7.83. The quantitative estimate of drug-likeness (QED) is 0.812. The van der Waals surface area contributed by atoms with E-state index < -0.39 is 0 Å². The molecule has 1 aromatic heterocycles. The molecule has 6 heteroatoms. The molecule has 0 saturated carbocycles. The molecule has 0 unspecified atom stereocenters. The van der Waals surface area contributed by atoms with Gasteiger partial charge in [0.2, 0.25) is 5.95 Å². The molecule has 2 saturated heterocycles. The lowest BCUT2D eigenvalue weighted by Gasteiger charge is -2.38. The van der Waals surface area contributed by atoms with Gasteiger partial charge in [-0.2, -0.15) is 4.98 Å². The van der Waals surface area contributed by atoms with Crippen LogP contribution in [0.15, 0.2) is 30.5 Å². The number of benzene rings is 1. The summed E-state index contributed by atoms with van der Waals surface area (Å²) in [7, 11) is 0. The third-order valence-corrected chi connectivity index (χ3v) is 6.25. The van der Waals surface area contributed by atoms with E-state index in [0.29, 0.717) is 0 Å². The van der Waals surface area contributed by atoms with Crippen molar-refractivity contribution in [2.45, 2.75) is 20.8 Å². The summed E-state index contributed by atoms with van der Waals surface area (Å²) in [6.07, 6.45) is 1.92. The molecule has 2 fully saturated rings. The Bertz CT molecular complexity index is 791. The summed E-state index contributed by atoms with van der Waals surface area (Å²) in [5.41, 5.74) is 4.13. The van der Waals surface area contributed by atoms with Crippen LogP contribution in [0.25, 0.3) is 0 Å². The van der Waals surface area contributed by atoms with Crippen LogP contribution in [0.5, 0.6) is 0 Å². The van der Waals surface area contributed by atoms with Crippen LogP contribution in [-0.4, -0.2) is 73.8 Å². The molecule has 0 amide bonds. The van der Waals surface area contributed by atoms with Crippen molar-refractivity contribution in [1.82, 2.24) is 14.9 Å². The largest absolute Gasteiger partial charge is 0.368 e. The average molecular weight is 381 g/mol. The highest BCUT2D eigenvalue weighted by atomic mass is 15.3. The first-order valence-electron chi connectivity index (χ1n) is 10.5. The molecule has 1 aromatic carbocycles. The van der Waals surface area contributed by atoms with Crippen molar-refractivity contribution >= 4 is 17.5 Å². The highest BCUT2D eigenvalue weighted by molar-refractivity contribution is 5.57. The van der Waals surface area contributed by atoms with Gasteiger partial charge in [0.05, 0.1) is 0 Å². The molecule has 28 heavy (non-hydrogen) atoms. The van der Waals surface area contributed by atoms with E-state index in [2.05, 4.69) is 69.6 Å². The average Bonchev–Trinajstić information content (AvgIpc) is 2.76. The van der Waals surface area contributed by atoms with Crippen LogP contribution < -0.4 is 14.7 Å². The number of anilines is 3. The summed E-state index contributed by atoms with van der Waals surface area (Å²) >= 11 is 0. The van der Waals surface area contributed by atoms with Gasteiger partial charge in [-0.3, -0.25) is 0 Å². The van der Waals surface area contributed by atoms with Crippen molar-refractivity contribution in [2.75, 3.05) is 73.6 Å². The van der Waals surface area contributed by atoms with Crippen LogP contribution in [-0.2, 0) is 0 Å². The van der Waals surface area contributed by atoms with Crippen LogP contribution in [0.1, 0.15) is 18.1 Å². The predicted molar refractivity (Wildman–Crippen MR) is 117 cm³/mol. The van der Waals surface area contributed by atoms with E-state index in [1.165, 1.54) is 16.8 Å². The van der Waals surface area contributed by atoms with Gasteiger partial charge in [-0.05, 0) is 43.7 Å². The smallest absolute Gasteiger partial charge is 0.227 e.